The maximum absolute atomic E-state index is 11.9. The standard InChI is InChI=1S/C17H20ClN3O4S/c1-26(23,24)21(12-14-6-8-19-9-7-14)11-10-20-17(22)13-25-16-4-2-15(18)3-5-16/h2-9H,10-13H2,1H3,(H,20,22). The van der Waals surface area contributed by atoms with Crippen molar-refractivity contribution in [3.05, 3.63) is 59.4 Å². The van der Waals surface area contributed by atoms with Gasteiger partial charge in [-0.3, -0.25) is 9.78 Å². The van der Waals surface area contributed by atoms with Crippen LogP contribution in [0.15, 0.2) is 48.8 Å². The van der Waals surface area contributed by atoms with Crippen LogP contribution in [0.25, 0.3) is 0 Å². The summed E-state index contributed by atoms with van der Waals surface area (Å²) in [5.74, 6) is 0.192. The van der Waals surface area contributed by atoms with Crippen LogP contribution in [0.5, 0.6) is 5.75 Å². The lowest BCUT2D eigenvalue weighted by Crippen LogP contribution is -2.39. The molecule has 0 aliphatic carbocycles. The van der Waals surface area contributed by atoms with Crippen molar-refractivity contribution in [1.82, 2.24) is 14.6 Å². The summed E-state index contributed by atoms with van der Waals surface area (Å²) >= 11 is 5.78. The molecule has 1 aromatic carbocycles. The van der Waals surface area contributed by atoms with Gasteiger partial charge in [0.2, 0.25) is 10.0 Å². The third-order valence-electron chi connectivity index (χ3n) is 3.44. The molecule has 0 bridgehead atoms. The minimum absolute atomic E-state index is 0.161. The van der Waals surface area contributed by atoms with Crippen molar-refractivity contribution in [2.45, 2.75) is 6.54 Å². The highest BCUT2D eigenvalue weighted by molar-refractivity contribution is 7.88. The van der Waals surface area contributed by atoms with Gasteiger partial charge in [0.15, 0.2) is 6.61 Å². The van der Waals surface area contributed by atoms with E-state index in [1.54, 1.807) is 48.8 Å². The molecule has 0 aliphatic rings. The average molecular weight is 398 g/mol. The molecule has 0 aliphatic heterocycles. The first-order valence-corrected chi connectivity index (χ1v) is 10.1. The summed E-state index contributed by atoms with van der Waals surface area (Å²) in [6.07, 6.45) is 4.34. The predicted octanol–water partition coefficient (Wildman–Crippen LogP) is 1.69. The van der Waals surface area contributed by atoms with Gasteiger partial charge in [0.1, 0.15) is 5.75 Å². The van der Waals surface area contributed by atoms with E-state index in [4.69, 9.17) is 16.3 Å². The molecule has 0 fully saturated rings. The third-order valence-corrected chi connectivity index (χ3v) is 4.95. The zero-order valence-corrected chi connectivity index (χ0v) is 15.8. The highest BCUT2D eigenvalue weighted by Gasteiger charge is 2.17. The molecule has 0 radical (unpaired) electrons. The summed E-state index contributed by atoms with van der Waals surface area (Å²) in [6, 6.07) is 10.1. The molecule has 0 saturated heterocycles. The van der Waals surface area contributed by atoms with Crippen LogP contribution in [0.4, 0.5) is 0 Å². The lowest BCUT2D eigenvalue weighted by atomic mass is 10.3. The van der Waals surface area contributed by atoms with Crippen LogP contribution < -0.4 is 10.1 Å². The number of nitrogens with zero attached hydrogens (tertiary/aromatic N) is 2. The number of aromatic nitrogens is 1. The molecule has 1 aromatic heterocycles. The molecule has 2 rings (SSSR count). The van der Waals surface area contributed by atoms with E-state index in [1.807, 2.05) is 0 Å². The van der Waals surface area contributed by atoms with Crippen LogP contribution in [-0.4, -0.2) is 49.6 Å². The molecule has 0 spiro atoms. The van der Waals surface area contributed by atoms with Crippen molar-refractivity contribution >= 4 is 27.5 Å². The Morgan fingerprint density at radius 3 is 2.46 bits per heavy atom. The highest BCUT2D eigenvalue weighted by atomic mass is 35.5. The van der Waals surface area contributed by atoms with Crippen LogP contribution >= 0.6 is 11.6 Å². The minimum Gasteiger partial charge on any atom is -0.484 e. The van der Waals surface area contributed by atoms with Gasteiger partial charge in [0, 0.05) is 37.1 Å². The first kappa shape index (κ1) is 20.2. The van der Waals surface area contributed by atoms with E-state index in [2.05, 4.69) is 10.3 Å². The van der Waals surface area contributed by atoms with Crippen LogP contribution in [0.1, 0.15) is 5.56 Å². The van der Waals surface area contributed by atoms with Crippen LogP contribution in [0.3, 0.4) is 0 Å². The second-order valence-corrected chi connectivity index (χ2v) is 7.96. The molecule has 0 saturated carbocycles. The van der Waals surface area contributed by atoms with Crippen molar-refractivity contribution < 1.29 is 17.9 Å². The van der Waals surface area contributed by atoms with Gasteiger partial charge in [0.25, 0.3) is 5.91 Å². The minimum atomic E-state index is -3.40. The molecule has 1 amide bonds. The van der Waals surface area contributed by atoms with Gasteiger partial charge in [-0.1, -0.05) is 11.6 Å². The van der Waals surface area contributed by atoms with Gasteiger partial charge in [-0.2, -0.15) is 4.31 Å². The number of amides is 1. The molecule has 0 unspecified atom stereocenters. The number of pyridine rings is 1. The Kier molecular flexibility index (Phi) is 7.38. The molecule has 7 nitrogen and oxygen atoms in total. The fraction of sp³-hybridized carbons (Fsp3) is 0.294. The van der Waals surface area contributed by atoms with E-state index in [9.17, 15) is 13.2 Å². The lowest BCUT2D eigenvalue weighted by molar-refractivity contribution is -0.123. The van der Waals surface area contributed by atoms with Gasteiger partial charge in [-0.15, -0.1) is 0 Å². The number of hydrogen-bond donors (Lipinski definition) is 1. The summed E-state index contributed by atoms with van der Waals surface area (Å²) in [5.41, 5.74) is 0.822. The topological polar surface area (TPSA) is 88.6 Å². The Bertz CT molecular complexity index is 814. The van der Waals surface area contributed by atoms with Crippen molar-refractivity contribution in [1.29, 1.82) is 0 Å². The molecule has 26 heavy (non-hydrogen) atoms. The van der Waals surface area contributed by atoms with E-state index in [1.165, 1.54) is 4.31 Å². The summed E-state index contributed by atoms with van der Waals surface area (Å²) in [5, 5.41) is 3.22. The molecule has 1 heterocycles. The van der Waals surface area contributed by atoms with E-state index >= 15 is 0 Å². The smallest absolute Gasteiger partial charge is 0.257 e. The van der Waals surface area contributed by atoms with E-state index in [0.717, 1.165) is 11.8 Å². The summed E-state index contributed by atoms with van der Waals surface area (Å²) in [6.45, 7) is 0.401. The normalized spacial score (nSPS) is 11.3. The number of carbonyl (C=O) groups is 1. The first-order valence-electron chi connectivity index (χ1n) is 7.83. The maximum atomic E-state index is 11.9. The van der Waals surface area contributed by atoms with Gasteiger partial charge in [0.05, 0.1) is 6.26 Å². The molecule has 1 N–H and O–H groups in total. The van der Waals surface area contributed by atoms with Crippen LogP contribution in [-0.2, 0) is 21.4 Å². The Morgan fingerprint density at radius 2 is 1.85 bits per heavy atom. The largest absolute Gasteiger partial charge is 0.484 e. The quantitative estimate of drug-likeness (QED) is 0.695. The van der Waals surface area contributed by atoms with Gasteiger partial charge in [-0.25, -0.2) is 8.42 Å². The average Bonchev–Trinajstić information content (AvgIpc) is 2.60. The Balaban J connectivity index is 1.79. The van der Waals surface area contributed by atoms with Crippen molar-refractivity contribution in [3.8, 4) is 5.75 Å². The third kappa shape index (κ3) is 6.99. The van der Waals surface area contributed by atoms with E-state index in [-0.39, 0.29) is 32.1 Å². The van der Waals surface area contributed by atoms with Gasteiger partial charge >= 0.3 is 0 Å². The zero-order chi connectivity index (χ0) is 19.0. The van der Waals surface area contributed by atoms with E-state index < -0.39 is 10.0 Å². The monoisotopic (exact) mass is 397 g/mol. The predicted molar refractivity (Wildman–Crippen MR) is 99.4 cm³/mol. The molecule has 0 atom stereocenters. The second-order valence-electron chi connectivity index (χ2n) is 5.54. The lowest BCUT2D eigenvalue weighted by Gasteiger charge is -2.20. The first-order chi connectivity index (χ1) is 12.3. The van der Waals surface area contributed by atoms with Gasteiger partial charge < -0.3 is 10.1 Å². The highest BCUT2D eigenvalue weighted by Crippen LogP contribution is 2.15. The van der Waals surface area contributed by atoms with Crippen LogP contribution in [0.2, 0.25) is 5.02 Å². The number of hydrogen-bond acceptors (Lipinski definition) is 5. The summed E-state index contributed by atoms with van der Waals surface area (Å²) in [7, 11) is -3.40. The molecular weight excluding hydrogens is 378 g/mol. The van der Waals surface area contributed by atoms with Gasteiger partial charge in [-0.05, 0) is 42.0 Å². The number of sulfonamides is 1. The summed E-state index contributed by atoms with van der Waals surface area (Å²) in [4.78, 5) is 15.7. The number of halogens is 1. The fourth-order valence-corrected chi connectivity index (χ4v) is 3.04. The van der Waals surface area contributed by atoms with Crippen molar-refractivity contribution in [3.63, 3.8) is 0 Å². The van der Waals surface area contributed by atoms with Crippen LogP contribution in [0, 0.1) is 0 Å². The number of benzene rings is 1. The number of ether oxygens (including phenoxy) is 1. The molecule has 9 heteroatoms. The molecule has 2 aromatic rings. The van der Waals surface area contributed by atoms with Crippen molar-refractivity contribution in [2.24, 2.45) is 0 Å². The Labute approximate surface area is 158 Å². The second kappa shape index (κ2) is 9.51. The molecule has 140 valence electrons. The number of carbonyl (C=O) groups excluding carboxylic acids is 1. The van der Waals surface area contributed by atoms with E-state index in [0.29, 0.717) is 10.8 Å². The number of nitrogens with one attached hydrogen (secondary N) is 1. The summed E-state index contributed by atoms with van der Waals surface area (Å²) < 4.78 is 30.5. The fourth-order valence-electron chi connectivity index (χ4n) is 2.10. The molecular formula is C17H20ClN3O4S. The SMILES string of the molecule is CS(=O)(=O)N(CCNC(=O)COc1ccc(Cl)cc1)Cc1ccncc1. The Morgan fingerprint density at radius 1 is 1.19 bits per heavy atom. The maximum Gasteiger partial charge on any atom is 0.257 e. The van der Waals surface area contributed by atoms with Crippen molar-refractivity contribution in [2.75, 3.05) is 26.0 Å². The zero-order valence-electron chi connectivity index (χ0n) is 14.3. The Hall–Kier alpha value is -2.16. The number of rotatable bonds is 9.